The van der Waals surface area contributed by atoms with Gasteiger partial charge in [0.2, 0.25) is 11.8 Å². The quantitative estimate of drug-likeness (QED) is 0.461. The highest BCUT2D eigenvalue weighted by atomic mass is 19.1. The minimum atomic E-state index is -0.606. The fourth-order valence-electron chi connectivity index (χ4n) is 5.20. The summed E-state index contributed by atoms with van der Waals surface area (Å²) in [6, 6.07) is 4.46. The maximum absolute atomic E-state index is 14.8. The number of piperazine rings is 1. The molecule has 3 heterocycles. The summed E-state index contributed by atoms with van der Waals surface area (Å²) in [5, 5.41) is 7.17. The molecule has 38 heavy (non-hydrogen) atoms. The van der Waals surface area contributed by atoms with E-state index >= 15 is 0 Å². The molecule has 0 bridgehead atoms. The Morgan fingerprint density at radius 2 is 1.79 bits per heavy atom. The van der Waals surface area contributed by atoms with Crippen molar-refractivity contribution >= 4 is 29.3 Å². The van der Waals surface area contributed by atoms with Crippen LogP contribution in [0.5, 0.6) is 0 Å². The molecule has 1 aromatic carbocycles. The van der Waals surface area contributed by atoms with Crippen molar-refractivity contribution in [1.29, 1.82) is 0 Å². The predicted octanol–water partition coefficient (Wildman–Crippen LogP) is 2.71. The highest BCUT2D eigenvalue weighted by molar-refractivity contribution is 6.01. The Labute approximate surface area is 224 Å². The summed E-state index contributed by atoms with van der Waals surface area (Å²) in [5.41, 5.74) is 3.45. The number of hydrogen-bond acceptors (Lipinski definition) is 8. The van der Waals surface area contributed by atoms with E-state index in [-0.39, 0.29) is 18.0 Å². The van der Waals surface area contributed by atoms with Gasteiger partial charge in [-0.15, -0.1) is 0 Å². The lowest BCUT2D eigenvalue weighted by molar-refractivity contribution is -0.133. The fraction of sp³-hybridized carbons (Fsp3) is 0.667. The van der Waals surface area contributed by atoms with Crippen LogP contribution in [0.3, 0.4) is 0 Å². The largest absolute Gasteiger partial charge is 0.443 e. The number of hydrogen-bond donors (Lipinski definition) is 3. The first-order valence-electron chi connectivity index (χ1n) is 13.7. The van der Waals surface area contributed by atoms with E-state index in [1.807, 2.05) is 31.8 Å². The fourth-order valence-corrected chi connectivity index (χ4v) is 5.20. The Balaban J connectivity index is 1.15. The van der Waals surface area contributed by atoms with Crippen molar-refractivity contribution in [1.82, 2.24) is 20.7 Å². The molecule has 3 fully saturated rings. The number of anilines is 2. The average molecular weight is 533 g/mol. The van der Waals surface area contributed by atoms with Gasteiger partial charge in [0.05, 0.1) is 5.69 Å². The third-order valence-electron chi connectivity index (χ3n) is 7.38. The van der Waals surface area contributed by atoms with Gasteiger partial charge in [-0.2, -0.15) is 0 Å². The van der Waals surface area contributed by atoms with E-state index in [9.17, 15) is 18.8 Å². The third kappa shape index (κ3) is 8.04. The van der Waals surface area contributed by atoms with Crippen LogP contribution in [0.2, 0.25) is 0 Å². The first-order valence-corrected chi connectivity index (χ1v) is 13.7. The molecule has 3 amide bonds. The van der Waals surface area contributed by atoms with Crippen LogP contribution >= 0.6 is 0 Å². The predicted molar refractivity (Wildman–Crippen MR) is 143 cm³/mol. The number of rotatable bonds is 7. The van der Waals surface area contributed by atoms with Crippen LogP contribution in [0.1, 0.15) is 52.9 Å². The molecule has 0 unspecified atom stereocenters. The van der Waals surface area contributed by atoms with Crippen molar-refractivity contribution in [3.05, 3.63) is 24.0 Å². The Bertz CT molecular complexity index is 1000. The second kappa shape index (κ2) is 12.3. The lowest BCUT2D eigenvalue weighted by Crippen LogP contribution is -2.49. The van der Waals surface area contributed by atoms with E-state index in [1.165, 1.54) is 6.07 Å². The molecular weight excluding hydrogens is 491 g/mol. The van der Waals surface area contributed by atoms with E-state index < -0.39 is 29.5 Å². The van der Waals surface area contributed by atoms with Gasteiger partial charge in [0.25, 0.3) is 0 Å². The zero-order valence-corrected chi connectivity index (χ0v) is 22.7. The van der Waals surface area contributed by atoms with E-state index in [2.05, 4.69) is 25.9 Å². The summed E-state index contributed by atoms with van der Waals surface area (Å²) in [7, 11) is 0. The smallest absolute Gasteiger partial charge is 0.422 e. The summed E-state index contributed by atoms with van der Waals surface area (Å²) in [6.45, 7) is 11.8. The SMILES string of the molecule is CC(C)(C)OC(=O)NN1CCC(CCN2CCN(c3ccc(N[C@H]4CCC(=O)NC4=O)c(F)c3)CC2)CC1. The van der Waals surface area contributed by atoms with Crippen molar-refractivity contribution in [3.63, 3.8) is 0 Å². The number of halogens is 1. The minimum absolute atomic E-state index is 0.248. The molecule has 10 nitrogen and oxygen atoms in total. The summed E-state index contributed by atoms with van der Waals surface area (Å²) < 4.78 is 20.1. The van der Waals surface area contributed by atoms with E-state index in [0.717, 1.165) is 70.8 Å². The molecular formula is C27H41FN6O4. The average Bonchev–Trinajstić information content (AvgIpc) is 2.85. The number of amides is 3. The molecule has 3 N–H and O–H groups in total. The van der Waals surface area contributed by atoms with Crippen LogP contribution in [0.25, 0.3) is 0 Å². The number of benzene rings is 1. The zero-order chi connectivity index (χ0) is 27.3. The van der Waals surface area contributed by atoms with E-state index in [4.69, 9.17) is 4.74 Å². The molecule has 4 rings (SSSR count). The highest BCUT2D eigenvalue weighted by Crippen LogP contribution is 2.25. The molecule has 1 atom stereocenters. The summed E-state index contributed by atoms with van der Waals surface area (Å²) in [6.07, 6.45) is 3.44. The molecule has 0 spiro atoms. The molecule has 3 saturated heterocycles. The second-order valence-electron chi connectivity index (χ2n) is 11.5. The van der Waals surface area contributed by atoms with Crippen molar-refractivity contribution in [2.45, 2.75) is 64.5 Å². The lowest BCUT2D eigenvalue weighted by atomic mass is 9.94. The number of ether oxygens (including phenoxy) is 1. The molecule has 0 saturated carbocycles. The number of nitrogens with zero attached hydrogens (tertiary/aromatic N) is 3. The first kappa shape index (κ1) is 28.1. The molecule has 0 aliphatic carbocycles. The first-order chi connectivity index (χ1) is 18.1. The van der Waals surface area contributed by atoms with Gasteiger partial charge < -0.3 is 15.0 Å². The van der Waals surface area contributed by atoms with Crippen LogP contribution in [0.4, 0.5) is 20.6 Å². The summed E-state index contributed by atoms with van der Waals surface area (Å²) >= 11 is 0. The van der Waals surface area contributed by atoms with Gasteiger partial charge in [-0.05, 0) is 77.1 Å². The van der Waals surface area contributed by atoms with Crippen LogP contribution in [0, 0.1) is 11.7 Å². The topological polar surface area (TPSA) is 106 Å². The number of carbonyl (C=O) groups excluding carboxylic acids is 3. The molecule has 11 heteroatoms. The summed E-state index contributed by atoms with van der Waals surface area (Å²) in [4.78, 5) is 39.9. The summed E-state index contributed by atoms with van der Waals surface area (Å²) in [5.74, 6) is -0.463. The maximum Gasteiger partial charge on any atom is 0.422 e. The standard InChI is InChI=1S/C27H41FN6O4/c1-27(2,3)38-26(37)31-34-12-9-19(10-13-34)8-11-32-14-16-33(17-15-32)20-4-5-22(21(28)18-20)29-23-6-7-24(35)30-25(23)36/h4-5,18-19,23,29H,6-17H2,1-3H3,(H,31,37)(H,30,35,36)/t23-/m0/s1. The Kier molecular flexibility index (Phi) is 9.09. The number of imide groups is 1. The highest BCUT2D eigenvalue weighted by Gasteiger charge is 2.28. The zero-order valence-electron chi connectivity index (χ0n) is 22.7. The van der Waals surface area contributed by atoms with Gasteiger partial charge in [-0.3, -0.25) is 25.2 Å². The molecule has 1 aromatic rings. The molecule has 0 radical (unpaired) electrons. The number of hydrazine groups is 1. The lowest BCUT2D eigenvalue weighted by Gasteiger charge is -2.37. The monoisotopic (exact) mass is 532 g/mol. The van der Waals surface area contributed by atoms with Crippen LogP contribution in [-0.2, 0) is 14.3 Å². The molecule has 0 aromatic heterocycles. The van der Waals surface area contributed by atoms with Gasteiger partial charge in [-0.1, -0.05) is 0 Å². The van der Waals surface area contributed by atoms with E-state index in [0.29, 0.717) is 12.3 Å². The number of piperidine rings is 2. The van der Waals surface area contributed by atoms with Gasteiger partial charge in [0, 0.05) is 51.4 Å². The van der Waals surface area contributed by atoms with Crippen molar-refractivity contribution in [2.75, 3.05) is 56.0 Å². The van der Waals surface area contributed by atoms with E-state index in [1.54, 1.807) is 6.07 Å². The van der Waals surface area contributed by atoms with Crippen LogP contribution in [-0.4, -0.2) is 85.3 Å². The van der Waals surface area contributed by atoms with Crippen molar-refractivity contribution in [3.8, 4) is 0 Å². The molecule has 3 aliphatic rings. The second-order valence-corrected chi connectivity index (χ2v) is 11.5. The normalized spacial score (nSPS) is 22.2. The molecule has 3 aliphatic heterocycles. The van der Waals surface area contributed by atoms with Gasteiger partial charge in [0.1, 0.15) is 17.5 Å². The van der Waals surface area contributed by atoms with Crippen LogP contribution < -0.4 is 21.0 Å². The maximum atomic E-state index is 14.8. The van der Waals surface area contributed by atoms with Crippen molar-refractivity contribution in [2.24, 2.45) is 5.92 Å². The van der Waals surface area contributed by atoms with Crippen LogP contribution in [0.15, 0.2) is 18.2 Å². The van der Waals surface area contributed by atoms with Gasteiger partial charge in [-0.25, -0.2) is 14.2 Å². The Morgan fingerprint density at radius 1 is 1.08 bits per heavy atom. The van der Waals surface area contributed by atoms with Crippen molar-refractivity contribution < 1.29 is 23.5 Å². The Hall–Kier alpha value is -2.92. The molecule has 210 valence electrons. The van der Waals surface area contributed by atoms with Gasteiger partial charge in [0.15, 0.2) is 0 Å². The minimum Gasteiger partial charge on any atom is -0.443 e. The Morgan fingerprint density at radius 3 is 2.42 bits per heavy atom. The third-order valence-corrected chi connectivity index (χ3v) is 7.38. The van der Waals surface area contributed by atoms with Gasteiger partial charge >= 0.3 is 6.09 Å². The number of nitrogens with one attached hydrogen (secondary N) is 3. The number of carbonyl (C=O) groups is 3.